The number of rotatable bonds is 6. The third-order valence-electron chi connectivity index (χ3n) is 4.67. The molecule has 146 valence electrons. The van der Waals surface area contributed by atoms with Crippen LogP contribution in [0.3, 0.4) is 0 Å². The third-order valence-corrected chi connectivity index (χ3v) is 4.67. The van der Waals surface area contributed by atoms with Crippen molar-refractivity contribution in [1.82, 2.24) is 19.5 Å². The number of aromatic amines is 1. The first-order valence-corrected chi connectivity index (χ1v) is 9.05. The van der Waals surface area contributed by atoms with Crippen molar-refractivity contribution < 1.29 is 9.53 Å². The van der Waals surface area contributed by atoms with Gasteiger partial charge in [0.25, 0.3) is 5.91 Å². The van der Waals surface area contributed by atoms with Crippen molar-refractivity contribution in [3.8, 4) is 17.1 Å². The van der Waals surface area contributed by atoms with Gasteiger partial charge in [0.05, 0.1) is 7.11 Å². The van der Waals surface area contributed by atoms with E-state index in [1.54, 1.807) is 31.4 Å². The van der Waals surface area contributed by atoms with Gasteiger partial charge in [-0.2, -0.15) is 0 Å². The molecule has 0 spiro atoms. The highest BCUT2D eigenvalue weighted by molar-refractivity contribution is 6.01. The van der Waals surface area contributed by atoms with Crippen molar-refractivity contribution in [3.05, 3.63) is 76.3 Å². The maximum atomic E-state index is 12.5. The van der Waals surface area contributed by atoms with Crippen LogP contribution in [-0.2, 0) is 13.0 Å². The van der Waals surface area contributed by atoms with Gasteiger partial charge in [-0.3, -0.25) is 9.36 Å². The number of carbonyl (C=O) groups excluding carboxylic acids is 1. The van der Waals surface area contributed by atoms with Crippen LogP contribution >= 0.6 is 0 Å². The van der Waals surface area contributed by atoms with Crippen LogP contribution in [0.15, 0.2) is 59.4 Å². The number of benzene rings is 2. The maximum absolute atomic E-state index is 12.5. The number of nitrogens with one attached hydrogen (secondary N) is 1. The summed E-state index contributed by atoms with van der Waals surface area (Å²) in [6, 6.07) is 16.9. The van der Waals surface area contributed by atoms with Crippen molar-refractivity contribution in [1.29, 1.82) is 0 Å². The minimum atomic E-state index is -0.733. The lowest BCUT2D eigenvalue weighted by atomic mass is 10.1. The Hall–Kier alpha value is -3.94. The van der Waals surface area contributed by atoms with Gasteiger partial charge in [-0.1, -0.05) is 30.3 Å². The smallest absolute Gasteiger partial charge is 0.327 e. The number of nitrogens with two attached hydrogens (primary N) is 1. The average Bonchev–Trinajstić information content (AvgIpc) is 3.07. The lowest BCUT2D eigenvalue weighted by Crippen LogP contribution is -2.18. The highest BCUT2D eigenvalue weighted by Gasteiger charge is 2.19. The van der Waals surface area contributed by atoms with Crippen LogP contribution in [0.2, 0.25) is 0 Å². The van der Waals surface area contributed by atoms with Crippen LogP contribution in [0.25, 0.3) is 22.6 Å². The van der Waals surface area contributed by atoms with E-state index in [0.717, 1.165) is 5.56 Å². The summed E-state index contributed by atoms with van der Waals surface area (Å²) < 4.78 is 6.67. The Morgan fingerprint density at radius 1 is 1.10 bits per heavy atom. The van der Waals surface area contributed by atoms with Crippen molar-refractivity contribution in [3.63, 3.8) is 0 Å². The van der Waals surface area contributed by atoms with Gasteiger partial charge in [-0.25, -0.2) is 14.8 Å². The second kappa shape index (κ2) is 7.59. The van der Waals surface area contributed by atoms with Gasteiger partial charge in [0, 0.05) is 12.1 Å². The number of hydrogen-bond donors (Lipinski definition) is 2. The minimum Gasteiger partial charge on any atom is -0.497 e. The van der Waals surface area contributed by atoms with Crippen LogP contribution in [0, 0.1) is 0 Å². The Labute approximate surface area is 166 Å². The zero-order chi connectivity index (χ0) is 20.4. The van der Waals surface area contributed by atoms with Crippen molar-refractivity contribution >= 4 is 17.1 Å². The summed E-state index contributed by atoms with van der Waals surface area (Å²) >= 11 is 0. The number of imidazole rings is 1. The zero-order valence-corrected chi connectivity index (χ0v) is 15.8. The predicted octanol–water partition coefficient (Wildman–Crippen LogP) is 2.14. The number of carbonyl (C=O) groups is 1. The lowest BCUT2D eigenvalue weighted by Gasteiger charge is -2.07. The summed E-state index contributed by atoms with van der Waals surface area (Å²) in [7, 11) is 1.58. The number of amides is 1. The molecule has 4 rings (SSSR count). The van der Waals surface area contributed by atoms with Crippen LogP contribution in [0.1, 0.15) is 16.1 Å². The van der Waals surface area contributed by atoms with E-state index in [-0.39, 0.29) is 16.9 Å². The molecule has 0 bridgehead atoms. The number of H-pyrrole nitrogens is 1. The fraction of sp³-hybridized carbons (Fsp3) is 0.143. The molecule has 2 aromatic heterocycles. The van der Waals surface area contributed by atoms with E-state index in [4.69, 9.17) is 10.5 Å². The molecule has 2 heterocycles. The molecular formula is C21H19N5O3. The van der Waals surface area contributed by atoms with E-state index in [1.165, 1.54) is 4.57 Å². The normalized spacial score (nSPS) is 10.9. The number of nitrogens with zero attached hydrogens (tertiary/aromatic N) is 3. The quantitative estimate of drug-likeness (QED) is 0.524. The molecular weight excluding hydrogens is 370 g/mol. The Bertz CT molecular complexity index is 1230. The molecule has 0 fully saturated rings. The van der Waals surface area contributed by atoms with E-state index in [0.29, 0.717) is 35.8 Å². The van der Waals surface area contributed by atoms with Gasteiger partial charge in [0.15, 0.2) is 17.2 Å². The highest BCUT2D eigenvalue weighted by atomic mass is 16.5. The molecule has 0 atom stereocenters. The Kier molecular flexibility index (Phi) is 4.82. The first-order chi connectivity index (χ1) is 14.1. The van der Waals surface area contributed by atoms with E-state index < -0.39 is 5.91 Å². The number of aryl methyl sites for hydroxylation is 2. The number of ether oxygens (including phenoxy) is 1. The molecule has 8 heteroatoms. The van der Waals surface area contributed by atoms with Crippen LogP contribution in [-0.4, -0.2) is 32.5 Å². The fourth-order valence-electron chi connectivity index (χ4n) is 3.17. The molecule has 4 aromatic rings. The number of aromatic nitrogens is 4. The molecule has 0 saturated carbocycles. The second-order valence-electron chi connectivity index (χ2n) is 6.50. The molecule has 2 aromatic carbocycles. The highest BCUT2D eigenvalue weighted by Crippen LogP contribution is 2.22. The molecule has 0 unspecified atom stereocenters. The first kappa shape index (κ1) is 18.4. The summed E-state index contributed by atoms with van der Waals surface area (Å²) in [5, 5.41) is 0. The van der Waals surface area contributed by atoms with Gasteiger partial charge >= 0.3 is 5.69 Å². The van der Waals surface area contributed by atoms with E-state index in [1.807, 2.05) is 30.3 Å². The van der Waals surface area contributed by atoms with E-state index >= 15 is 0 Å². The van der Waals surface area contributed by atoms with E-state index in [9.17, 15) is 9.59 Å². The summed E-state index contributed by atoms with van der Waals surface area (Å²) in [6.07, 6.45) is 0.640. The molecule has 8 nitrogen and oxygen atoms in total. The topological polar surface area (TPSA) is 116 Å². The molecule has 0 radical (unpaired) electrons. The van der Waals surface area contributed by atoms with Gasteiger partial charge in [0.2, 0.25) is 0 Å². The fourth-order valence-corrected chi connectivity index (χ4v) is 3.17. The number of fused-ring (bicyclic) bond motifs is 1. The average molecular weight is 389 g/mol. The molecule has 0 aliphatic heterocycles. The largest absolute Gasteiger partial charge is 0.497 e. The second-order valence-corrected chi connectivity index (χ2v) is 6.50. The van der Waals surface area contributed by atoms with Crippen LogP contribution in [0.4, 0.5) is 0 Å². The molecule has 0 saturated heterocycles. The third kappa shape index (κ3) is 3.60. The Morgan fingerprint density at radius 2 is 1.83 bits per heavy atom. The lowest BCUT2D eigenvalue weighted by molar-refractivity contribution is 0.0997. The van der Waals surface area contributed by atoms with Crippen molar-refractivity contribution in [2.45, 2.75) is 13.0 Å². The summed E-state index contributed by atoms with van der Waals surface area (Å²) in [6.45, 7) is 0.403. The monoisotopic (exact) mass is 389 g/mol. The summed E-state index contributed by atoms with van der Waals surface area (Å²) in [5.74, 6) is 0.261. The SMILES string of the molecule is COc1ccc(-c2nc(C(N)=O)c3[nH]c(=O)n(CCc4ccccc4)c3n2)cc1. The maximum Gasteiger partial charge on any atom is 0.327 e. The van der Waals surface area contributed by atoms with Crippen LogP contribution < -0.4 is 16.2 Å². The zero-order valence-electron chi connectivity index (χ0n) is 15.8. The van der Waals surface area contributed by atoms with Crippen molar-refractivity contribution in [2.24, 2.45) is 5.73 Å². The molecule has 29 heavy (non-hydrogen) atoms. The first-order valence-electron chi connectivity index (χ1n) is 9.05. The molecule has 1 amide bonds. The summed E-state index contributed by atoms with van der Waals surface area (Å²) in [4.78, 5) is 36.0. The van der Waals surface area contributed by atoms with Gasteiger partial charge in [0.1, 0.15) is 11.3 Å². The molecule has 3 N–H and O–H groups in total. The van der Waals surface area contributed by atoms with Gasteiger partial charge in [-0.05, 0) is 36.2 Å². The Morgan fingerprint density at radius 3 is 2.48 bits per heavy atom. The van der Waals surface area contributed by atoms with Gasteiger partial charge in [-0.15, -0.1) is 0 Å². The predicted molar refractivity (Wildman–Crippen MR) is 109 cm³/mol. The molecule has 0 aliphatic carbocycles. The minimum absolute atomic E-state index is 0.0172. The van der Waals surface area contributed by atoms with E-state index in [2.05, 4.69) is 15.0 Å². The van der Waals surface area contributed by atoms with Crippen molar-refractivity contribution in [2.75, 3.05) is 7.11 Å². The number of methoxy groups -OCH3 is 1. The van der Waals surface area contributed by atoms with Gasteiger partial charge < -0.3 is 15.5 Å². The number of hydrogen-bond acceptors (Lipinski definition) is 5. The number of primary amides is 1. The summed E-state index contributed by atoms with van der Waals surface area (Å²) in [5.41, 5.74) is 7.50. The van der Waals surface area contributed by atoms with Crippen LogP contribution in [0.5, 0.6) is 5.75 Å². The standard InChI is InChI=1S/C21H19N5O3/c1-29-15-9-7-14(8-10-15)19-23-16(18(22)27)17-20(25-19)26(21(28)24-17)12-11-13-5-3-2-4-6-13/h2-10H,11-12H2,1H3,(H2,22,27)(H,24,28). The molecule has 0 aliphatic rings. The Balaban J connectivity index is 1.81.